The van der Waals surface area contributed by atoms with Gasteiger partial charge < -0.3 is 21.5 Å². The van der Waals surface area contributed by atoms with E-state index in [0.717, 1.165) is 18.5 Å². The van der Waals surface area contributed by atoms with E-state index < -0.39 is 0 Å². The lowest BCUT2D eigenvalue weighted by atomic mass is 9.91. The highest BCUT2D eigenvalue weighted by molar-refractivity contribution is 5.95. The third-order valence-electron chi connectivity index (χ3n) is 4.43. The van der Waals surface area contributed by atoms with E-state index in [0.29, 0.717) is 12.5 Å². The molecule has 1 aliphatic rings. The molecule has 1 saturated carbocycles. The quantitative estimate of drug-likeness (QED) is 0.507. The maximum atomic E-state index is 9.10. The van der Waals surface area contributed by atoms with Crippen molar-refractivity contribution in [3.63, 3.8) is 0 Å². The summed E-state index contributed by atoms with van der Waals surface area (Å²) in [5.74, 6) is 0.705. The predicted molar refractivity (Wildman–Crippen MR) is 97.0 cm³/mol. The fourth-order valence-corrected chi connectivity index (χ4v) is 3.29. The second kappa shape index (κ2) is 8.31. The molecule has 23 heavy (non-hydrogen) atoms. The first-order valence-corrected chi connectivity index (χ1v) is 8.53. The van der Waals surface area contributed by atoms with E-state index in [1.807, 2.05) is 0 Å². The van der Waals surface area contributed by atoms with Crippen molar-refractivity contribution in [3.05, 3.63) is 28.8 Å². The molecule has 0 aliphatic heterocycles. The molecule has 1 aliphatic carbocycles. The zero-order valence-electron chi connectivity index (χ0n) is 14.5. The zero-order valence-corrected chi connectivity index (χ0v) is 14.5. The summed E-state index contributed by atoms with van der Waals surface area (Å²) in [6.45, 7) is 6.71. The van der Waals surface area contributed by atoms with Crippen LogP contribution in [0, 0.1) is 20.8 Å². The molecule has 0 heterocycles. The van der Waals surface area contributed by atoms with Gasteiger partial charge in [0.25, 0.3) is 0 Å². The Morgan fingerprint density at radius 1 is 1.22 bits per heavy atom. The summed E-state index contributed by atoms with van der Waals surface area (Å²) in [6, 6.07) is 4.71. The summed E-state index contributed by atoms with van der Waals surface area (Å²) in [7, 11) is 0. The van der Waals surface area contributed by atoms with Crippen molar-refractivity contribution in [2.75, 3.05) is 18.5 Å². The van der Waals surface area contributed by atoms with Crippen molar-refractivity contribution in [2.24, 2.45) is 10.7 Å². The van der Waals surface area contributed by atoms with Crippen molar-refractivity contribution in [3.8, 4) is 0 Å². The summed E-state index contributed by atoms with van der Waals surface area (Å²) in [5, 5.41) is 16.0. The number of nitrogens with two attached hydrogens (primary N) is 1. The summed E-state index contributed by atoms with van der Waals surface area (Å²) < 4.78 is 0. The highest BCUT2D eigenvalue weighted by atomic mass is 16.3. The SMILES string of the molecule is Cc1cc(C)c(NC(=NCCO)N[C@H]2CCCC[C@@H]2N)c(C)c1. The van der Waals surface area contributed by atoms with Crippen LogP contribution in [0.15, 0.2) is 17.1 Å². The molecule has 0 aromatic heterocycles. The number of anilines is 1. The van der Waals surface area contributed by atoms with Crippen LogP contribution in [-0.2, 0) is 0 Å². The van der Waals surface area contributed by atoms with Gasteiger partial charge in [0.1, 0.15) is 0 Å². The van der Waals surface area contributed by atoms with E-state index in [1.165, 1.54) is 29.5 Å². The van der Waals surface area contributed by atoms with Gasteiger partial charge in [0, 0.05) is 17.8 Å². The molecule has 5 nitrogen and oxygen atoms in total. The number of aliphatic imine (C=N–C) groups is 1. The minimum absolute atomic E-state index is 0.0371. The Balaban J connectivity index is 2.16. The van der Waals surface area contributed by atoms with Gasteiger partial charge in [0.15, 0.2) is 5.96 Å². The van der Waals surface area contributed by atoms with Gasteiger partial charge in [-0.2, -0.15) is 0 Å². The Kier molecular flexibility index (Phi) is 6.42. The average molecular weight is 318 g/mol. The van der Waals surface area contributed by atoms with Crippen molar-refractivity contribution >= 4 is 11.6 Å². The maximum absolute atomic E-state index is 9.10. The number of nitrogens with zero attached hydrogens (tertiary/aromatic N) is 1. The first kappa shape index (κ1) is 17.8. The van der Waals surface area contributed by atoms with E-state index in [2.05, 4.69) is 48.5 Å². The maximum Gasteiger partial charge on any atom is 0.196 e. The molecule has 0 radical (unpaired) electrons. The standard InChI is InChI=1S/C18H30N4O/c1-12-10-13(2)17(14(3)11-12)22-18(20-8-9-23)21-16-7-5-4-6-15(16)19/h10-11,15-16,23H,4-9,19H2,1-3H3,(H2,20,21,22)/t15-,16-/m0/s1. The smallest absolute Gasteiger partial charge is 0.196 e. The first-order chi connectivity index (χ1) is 11.0. The molecule has 1 aromatic carbocycles. The normalized spacial score (nSPS) is 22.0. The van der Waals surface area contributed by atoms with Gasteiger partial charge in [-0.05, 0) is 44.7 Å². The number of guanidine groups is 1. The molecule has 0 amide bonds. The van der Waals surface area contributed by atoms with Crippen LogP contribution < -0.4 is 16.4 Å². The van der Waals surface area contributed by atoms with E-state index >= 15 is 0 Å². The molecule has 1 fully saturated rings. The van der Waals surface area contributed by atoms with Crippen molar-refractivity contribution in [2.45, 2.75) is 58.5 Å². The first-order valence-electron chi connectivity index (χ1n) is 8.53. The number of rotatable bonds is 4. The average Bonchev–Trinajstić information content (AvgIpc) is 2.50. The van der Waals surface area contributed by atoms with Crippen molar-refractivity contribution in [1.29, 1.82) is 0 Å². The molecule has 128 valence electrons. The molecule has 5 heteroatoms. The Morgan fingerprint density at radius 2 is 1.87 bits per heavy atom. The Hall–Kier alpha value is -1.59. The monoisotopic (exact) mass is 318 g/mol. The second-order valence-corrected chi connectivity index (χ2v) is 6.55. The van der Waals surface area contributed by atoms with E-state index in [1.54, 1.807) is 0 Å². The lowest BCUT2D eigenvalue weighted by Gasteiger charge is -2.31. The Bertz CT molecular complexity index is 533. The summed E-state index contributed by atoms with van der Waals surface area (Å²) >= 11 is 0. The second-order valence-electron chi connectivity index (χ2n) is 6.55. The van der Waals surface area contributed by atoms with Crippen molar-refractivity contribution in [1.82, 2.24) is 5.32 Å². The van der Waals surface area contributed by atoms with Gasteiger partial charge in [0.2, 0.25) is 0 Å². The number of aliphatic hydroxyl groups excluding tert-OH is 1. The van der Waals surface area contributed by atoms with Crippen LogP contribution in [0.25, 0.3) is 0 Å². The highest BCUT2D eigenvalue weighted by Gasteiger charge is 2.22. The van der Waals surface area contributed by atoms with Crippen LogP contribution in [0.3, 0.4) is 0 Å². The van der Waals surface area contributed by atoms with Gasteiger partial charge in [-0.15, -0.1) is 0 Å². The molecular formula is C18H30N4O. The molecule has 0 bridgehead atoms. The summed E-state index contributed by atoms with van der Waals surface area (Å²) in [5.41, 5.74) is 10.9. The zero-order chi connectivity index (χ0) is 16.8. The Labute approximate surface area is 139 Å². The van der Waals surface area contributed by atoms with Crippen LogP contribution in [0.5, 0.6) is 0 Å². The van der Waals surface area contributed by atoms with Crippen molar-refractivity contribution < 1.29 is 5.11 Å². The highest BCUT2D eigenvalue weighted by Crippen LogP contribution is 2.22. The molecule has 0 saturated heterocycles. The van der Waals surface area contributed by atoms with Gasteiger partial charge in [0.05, 0.1) is 13.2 Å². The molecular weight excluding hydrogens is 288 g/mol. The molecule has 2 rings (SSSR count). The van der Waals surface area contributed by atoms with Gasteiger partial charge in [-0.3, -0.25) is 4.99 Å². The minimum atomic E-state index is 0.0371. The number of hydrogen-bond donors (Lipinski definition) is 4. The summed E-state index contributed by atoms with van der Waals surface area (Å²) in [6.07, 6.45) is 4.51. The van der Waals surface area contributed by atoms with Gasteiger partial charge in [-0.25, -0.2) is 0 Å². The van der Waals surface area contributed by atoms with Gasteiger partial charge in [-0.1, -0.05) is 30.5 Å². The number of hydrogen-bond acceptors (Lipinski definition) is 3. The van der Waals surface area contributed by atoms with E-state index in [4.69, 9.17) is 10.8 Å². The number of nitrogens with one attached hydrogen (secondary N) is 2. The number of aryl methyl sites for hydroxylation is 3. The lowest BCUT2D eigenvalue weighted by molar-refractivity contribution is 0.306. The molecule has 1 aromatic rings. The minimum Gasteiger partial charge on any atom is -0.394 e. The fraction of sp³-hybridized carbons (Fsp3) is 0.611. The number of aliphatic hydroxyl groups is 1. The van der Waals surface area contributed by atoms with Crippen LogP contribution >= 0.6 is 0 Å². The van der Waals surface area contributed by atoms with Crippen LogP contribution in [0.4, 0.5) is 5.69 Å². The number of benzene rings is 1. The predicted octanol–water partition coefficient (Wildman–Crippen LogP) is 2.23. The van der Waals surface area contributed by atoms with E-state index in [9.17, 15) is 0 Å². The fourth-order valence-electron chi connectivity index (χ4n) is 3.29. The topological polar surface area (TPSA) is 82.7 Å². The third kappa shape index (κ3) is 4.94. The third-order valence-corrected chi connectivity index (χ3v) is 4.43. The lowest BCUT2D eigenvalue weighted by Crippen LogP contribution is -2.51. The van der Waals surface area contributed by atoms with Crippen LogP contribution in [-0.4, -0.2) is 36.3 Å². The molecule has 0 spiro atoms. The molecule has 5 N–H and O–H groups in total. The Morgan fingerprint density at radius 3 is 2.48 bits per heavy atom. The van der Waals surface area contributed by atoms with E-state index in [-0.39, 0.29) is 18.7 Å². The molecule has 0 unspecified atom stereocenters. The van der Waals surface area contributed by atoms with Crippen LogP contribution in [0.2, 0.25) is 0 Å². The van der Waals surface area contributed by atoms with Gasteiger partial charge >= 0.3 is 0 Å². The largest absolute Gasteiger partial charge is 0.394 e. The molecule has 2 atom stereocenters. The summed E-state index contributed by atoms with van der Waals surface area (Å²) in [4.78, 5) is 4.46. The van der Waals surface area contributed by atoms with Crippen LogP contribution in [0.1, 0.15) is 42.4 Å².